The standard InChI is InChI=1S/C19H18FN3O4/c1-4-21-17(25)18(26)22(19(21)27)10-16(24)15-9-11(2)23(12(15)3)14-7-5-13(20)6-8-14/h5-9H,4,10H2,1-3H3. The predicted molar refractivity (Wildman–Crippen MR) is 94.0 cm³/mol. The number of amides is 4. The Labute approximate surface area is 155 Å². The van der Waals surface area contributed by atoms with Crippen molar-refractivity contribution in [3.8, 4) is 5.69 Å². The molecule has 0 unspecified atom stereocenters. The summed E-state index contributed by atoms with van der Waals surface area (Å²) in [5.41, 5.74) is 2.36. The van der Waals surface area contributed by atoms with Gasteiger partial charge in [0.05, 0.1) is 6.54 Å². The molecule has 8 heteroatoms. The van der Waals surface area contributed by atoms with Gasteiger partial charge in [-0.15, -0.1) is 0 Å². The number of hydrogen-bond acceptors (Lipinski definition) is 4. The number of carbonyl (C=O) groups excluding carboxylic acids is 4. The van der Waals surface area contributed by atoms with Crippen LogP contribution in [0, 0.1) is 19.7 Å². The first-order valence-electron chi connectivity index (χ1n) is 8.41. The van der Waals surface area contributed by atoms with Crippen molar-refractivity contribution in [2.45, 2.75) is 20.8 Å². The Balaban J connectivity index is 1.89. The van der Waals surface area contributed by atoms with Crippen LogP contribution in [0.15, 0.2) is 30.3 Å². The second-order valence-corrected chi connectivity index (χ2v) is 6.24. The Kier molecular flexibility index (Phi) is 4.65. The quantitative estimate of drug-likeness (QED) is 0.459. The number of hydrogen-bond donors (Lipinski definition) is 0. The molecule has 7 nitrogen and oxygen atoms in total. The molecule has 27 heavy (non-hydrogen) atoms. The summed E-state index contributed by atoms with van der Waals surface area (Å²) in [6, 6.07) is 6.69. The highest BCUT2D eigenvalue weighted by atomic mass is 19.1. The molecule has 0 atom stereocenters. The van der Waals surface area contributed by atoms with E-state index in [1.165, 1.54) is 12.1 Å². The fraction of sp³-hybridized carbons (Fsp3) is 0.263. The van der Waals surface area contributed by atoms with Crippen LogP contribution >= 0.6 is 0 Å². The number of imide groups is 2. The lowest BCUT2D eigenvalue weighted by atomic mass is 10.1. The van der Waals surface area contributed by atoms with E-state index in [0.29, 0.717) is 21.8 Å². The molecule has 1 aromatic carbocycles. The Hall–Kier alpha value is -3.29. The summed E-state index contributed by atoms with van der Waals surface area (Å²) in [6.07, 6.45) is 0. The maximum atomic E-state index is 13.2. The number of benzene rings is 1. The molecule has 1 aliphatic rings. The molecule has 2 aromatic rings. The first-order valence-corrected chi connectivity index (χ1v) is 8.41. The number of Topliss-reactive ketones (excluding diaryl/α,β-unsaturated/α-hetero) is 1. The van der Waals surface area contributed by atoms with Gasteiger partial charge in [0.2, 0.25) is 0 Å². The predicted octanol–water partition coefficient (Wildman–Crippen LogP) is 2.23. The maximum Gasteiger partial charge on any atom is 0.334 e. The van der Waals surface area contributed by atoms with Gasteiger partial charge < -0.3 is 4.57 Å². The van der Waals surface area contributed by atoms with Crippen LogP contribution in [-0.2, 0) is 9.59 Å². The number of nitrogens with zero attached hydrogens (tertiary/aromatic N) is 3. The van der Waals surface area contributed by atoms with Crippen molar-refractivity contribution in [1.82, 2.24) is 14.4 Å². The van der Waals surface area contributed by atoms with E-state index in [0.717, 1.165) is 10.6 Å². The molecular formula is C19H18FN3O4. The van der Waals surface area contributed by atoms with Crippen LogP contribution < -0.4 is 0 Å². The molecule has 0 aliphatic carbocycles. The summed E-state index contributed by atoms with van der Waals surface area (Å²) in [7, 11) is 0. The number of rotatable bonds is 5. The zero-order valence-corrected chi connectivity index (χ0v) is 15.2. The number of halogens is 1. The van der Waals surface area contributed by atoms with Gasteiger partial charge in [-0.25, -0.2) is 14.1 Å². The van der Waals surface area contributed by atoms with Crippen molar-refractivity contribution in [3.05, 3.63) is 53.1 Å². The molecule has 2 heterocycles. The molecule has 3 rings (SSSR count). The summed E-state index contributed by atoms with van der Waals surface area (Å²) in [6.45, 7) is 4.65. The fourth-order valence-electron chi connectivity index (χ4n) is 3.23. The lowest BCUT2D eigenvalue weighted by Gasteiger charge is -2.13. The highest BCUT2D eigenvalue weighted by Crippen LogP contribution is 2.22. The Bertz CT molecular complexity index is 962. The molecule has 0 N–H and O–H groups in total. The molecule has 1 fully saturated rings. The van der Waals surface area contributed by atoms with E-state index in [4.69, 9.17) is 0 Å². The molecule has 0 bridgehead atoms. The van der Waals surface area contributed by atoms with E-state index in [9.17, 15) is 23.6 Å². The molecule has 1 aliphatic heterocycles. The van der Waals surface area contributed by atoms with Crippen molar-refractivity contribution in [2.75, 3.05) is 13.1 Å². The first kappa shape index (κ1) is 18.5. The van der Waals surface area contributed by atoms with Gasteiger partial charge in [0, 0.05) is 29.2 Å². The minimum absolute atomic E-state index is 0.0627. The number of urea groups is 1. The van der Waals surface area contributed by atoms with Crippen LogP contribution in [0.1, 0.15) is 28.7 Å². The van der Waals surface area contributed by atoms with Crippen molar-refractivity contribution in [3.63, 3.8) is 0 Å². The monoisotopic (exact) mass is 371 g/mol. The molecule has 1 saturated heterocycles. The summed E-state index contributed by atoms with van der Waals surface area (Å²) >= 11 is 0. The van der Waals surface area contributed by atoms with Gasteiger partial charge >= 0.3 is 17.8 Å². The van der Waals surface area contributed by atoms with Gasteiger partial charge in [0.1, 0.15) is 5.82 Å². The van der Waals surface area contributed by atoms with Crippen LogP contribution in [0.3, 0.4) is 0 Å². The van der Waals surface area contributed by atoms with Gasteiger partial charge in [0.25, 0.3) is 0 Å². The third kappa shape index (κ3) is 3.03. The smallest absolute Gasteiger partial charge is 0.318 e. The lowest BCUT2D eigenvalue weighted by molar-refractivity contribution is -0.143. The topological polar surface area (TPSA) is 79.7 Å². The van der Waals surface area contributed by atoms with Crippen molar-refractivity contribution in [2.24, 2.45) is 0 Å². The van der Waals surface area contributed by atoms with E-state index >= 15 is 0 Å². The first-order chi connectivity index (χ1) is 12.8. The number of aryl methyl sites for hydroxylation is 1. The van der Waals surface area contributed by atoms with Gasteiger partial charge in [0.15, 0.2) is 5.78 Å². The van der Waals surface area contributed by atoms with Crippen LogP contribution in [-0.4, -0.2) is 51.1 Å². The Morgan fingerprint density at radius 2 is 1.59 bits per heavy atom. The number of aromatic nitrogens is 1. The van der Waals surface area contributed by atoms with E-state index in [1.54, 1.807) is 43.5 Å². The zero-order chi connectivity index (χ0) is 19.9. The largest absolute Gasteiger partial charge is 0.334 e. The number of likely N-dealkylation sites (N-methyl/N-ethyl adjacent to an activating group) is 1. The number of carbonyl (C=O) groups is 4. The highest BCUT2D eigenvalue weighted by Gasteiger charge is 2.44. The van der Waals surface area contributed by atoms with Crippen LogP contribution in [0.4, 0.5) is 9.18 Å². The average molecular weight is 371 g/mol. The lowest BCUT2D eigenvalue weighted by Crippen LogP contribution is -2.37. The SMILES string of the molecule is CCN1C(=O)C(=O)N(CC(=O)c2cc(C)n(-c3ccc(F)cc3)c2C)C1=O. The van der Waals surface area contributed by atoms with Gasteiger partial charge in [-0.05, 0) is 51.1 Å². The highest BCUT2D eigenvalue weighted by molar-refractivity contribution is 6.45. The minimum atomic E-state index is -0.998. The Morgan fingerprint density at radius 3 is 2.15 bits per heavy atom. The summed E-state index contributed by atoms with van der Waals surface area (Å²) in [4.78, 5) is 50.1. The maximum absolute atomic E-state index is 13.2. The van der Waals surface area contributed by atoms with Crippen molar-refractivity contribution >= 4 is 23.6 Å². The minimum Gasteiger partial charge on any atom is -0.318 e. The van der Waals surface area contributed by atoms with E-state index in [1.807, 2.05) is 0 Å². The summed E-state index contributed by atoms with van der Waals surface area (Å²) in [5.74, 6) is -2.74. The van der Waals surface area contributed by atoms with Crippen LogP contribution in [0.2, 0.25) is 0 Å². The fourth-order valence-corrected chi connectivity index (χ4v) is 3.23. The van der Waals surface area contributed by atoms with Crippen molar-refractivity contribution < 1.29 is 23.6 Å². The second kappa shape index (κ2) is 6.79. The zero-order valence-electron chi connectivity index (χ0n) is 15.2. The summed E-state index contributed by atoms with van der Waals surface area (Å²) < 4.78 is 14.9. The normalized spacial score (nSPS) is 14.4. The number of ketones is 1. The third-order valence-corrected chi connectivity index (χ3v) is 4.57. The van der Waals surface area contributed by atoms with Gasteiger partial charge in [-0.2, -0.15) is 0 Å². The van der Waals surface area contributed by atoms with Crippen LogP contribution in [0.25, 0.3) is 5.69 Å². The summed E-state index contributed by atoms with van der Waals surface area (Å²) in [5, 5.41) is 0. The Morgan fingerprint density at radius 1 is 1.00 bits per heavy atom. The molecule has 0 spiro atoms. The molecule has 4 amide bonds. The molecule has 1 aromatic heterocycles. The average Bonchev–Trinajstić information content (AvgIpc) is 3.04. The van der Waals surface area contributed by atoms with E-state index in [2.05, 4.69) is 0 Å². The van der Waals surface area contributed by atoms with Crippen LogP contribution in [0.5, 0.6) is 0 Å². The second-order valence-electron chi connectivity index (χ2n) is 6.24. The molecule has 0 saturated carbocycles. The third-order valence-electron chi connectivity index (χ3n) is 4.57. The van der Waals surface area contributed by atoms with E-state index < -0.39 is 30.2 Å². The van der Waals surface area contributed by atoms with Gasteiger partial charge in [-0.3, -0.25) is 19.3 Å². The molecular weight excluding hydrogens is 353 g/mol. The molecule has 0 radical (unpaired) electrons. The molecule has 140 valence electrons. The van der Waals surface area contributed by atoms with Gasteiger partial charge in [-0.1, -0.05) is 0 Å². The van der Waals surface area contributed by atoms with Crippen molar-refractivity contribution in [1.29, 1.82) is 0 Å². The van der Waals surface area contributed by atoms with E-state index in [-0.39, 0.29) is 12.4 Å².